The molecule has 1 N–H and O–H groups in total. The topological polar surface area (TPSA) is 64.9 Å². The van der Waals surface area contributed by atoms with Crippen LogP contribution in [0.15, 0.2) is 36.4 Å². The molecule has 154 valence electrons. The number of anilines is 1. The Morgan fingerprint density at radius 1 is 1.37 bits per heavy atom. The predicted octanol–water partition coefficient (Wildman–Crippen LogP) is 5.75. The maximum Gasteiger partial charge on any atom is 0.149 e. The number of fused-ring (bicyclic) bond motifs is 2. The minimum absolute atomic E-state index is 0.0929. The molecule has 0 aliphatic carbocycles. The van der Waals surface area contributed by atoms with Gasteiger partial charge in [-0.2, -0.15) is 5.26 Å². The molecule has 2 aromatic carbocycles. The van der Waals surface area contributed by atoms with Crippen LogP contribution in [0.2, 0.25) is 0 Å². The number of H-pyrrole nitrogens is 1. The molecule has 1 atom stereocenters. The lowest BCUT2D eigenvalue weighted by atomic mass is 9.79. The second-order valence-corrected chi connectivity index (χ2v) is 8.59. The zero-order valence-electron chi connectivity index (χ0n) is 18.3. The van der Waals surface area contributed by atoms with Crippen LogP contribution in [0.25, 0.3) is 22.7 Å². The molecule has 1 aromatic heterocycles. The third-order valence-electron chi connectivity index (χ3n) is 6.12. The van der Waals surface area contributed by atoms with Crippen molar-refractivity contribution in [2.75, 3.05) is 18.6 Å². The molecule has 4 rings (SSSR count). The fourth-order valence-electron chi connectivity index (χ4n) is 4.80. The number of nitriles is 1. The van der Waals surface area contributed by atoms with E-state index < -0.39 is 0 Å². The lowest BCUT2D eigenvalue weighted by molar-refractivity contribution is 0.377. The summed E-state index contributed by atoms with van der Waals surface area (Å²) in [4.78, 5) is 10.3. The Hall–Kier alpha value is -3.26. The minimum Gasteiger partial charge on any atom is -0.496 e. The maximum atomic E-state index is 9.84. The maximum absolute atomic E-state index is 9.84. The van der Waals surface area contributed by atoms with Gasteiger partial charge >= 0.3 is 0 Å². The van der Waals surface area contributed by atoms with Crippen LogP contribution in [-0.2, 0) is 0 Å². The Morgan fingerprint density at radius 2 is 2.13 bits per heavy atom. The van der Waals surface area contributed by atoms with E-state index in [-0.39, 0.29) is 5.54 Å². The molecule has 0 amide bonds. The number of rotatable bonds is 4. The van der Waals surface area contributed by atoms with Crippen molar-refractivity contribution in [1.29, 1.82) is 5.26 Å². The molecule has 3 aromatic rings. The molecule has 0 radical (unpaired) electrons. The summed E-state index contributed by atoms with van der Waals surface area (Å²) in [7, 11) is 1.68. The summed E-state index contributed by atoms with van der Waals surface area (Å²) in [6.07, 6.45) is 2.96. The van der Waals surface area contributed by atoms with Crippen molar-refractivity contribution < 1.29 is 4.74 Å². The van der Waals surface area contributed by atoms with Crippen molar-refractivity contribution in [3.8, 4) is 11.8 Å². The van der Waals surface area contributed by atoms with Gasteiger partial charge in [-0.3, -0.25) is 0 Å². The highest BCUT2D eigenvalue weighted by Gasteiger charge is 2.36. The Kier molecular flexibility index (Phi) is 5.03. The van der Waals surface area contributed by atoms with E-state index >= 15 is 0 Å². The van der Waals surface area contributed by atoms with Crippen LogP contribution in [0.4, 0.5) is 5.69 Å². The Morgan fingerprint density at radius 3 is 2.80 bits per heavy atom. The molecule has 0 saturated heterocycles. The average Bonchev–Trinajstić information content (AvgIpc) is 3.15. The molecule has 0 spiro atoms. The fraction of sp³-hybridized carbons (Fsp3) is 0.360. The molecule has 0 saturated carbocycles. The first kappa shape index (κ1) is 20.0. The smallest absolute Gasteiger partial charge is 0.149 e. The number of aromatic amines is 1. The van der Waals surface area contributed by atoms with Crippen molar-refractivity contribution in [2.24, 2.45) is 0 Å². The average molecular weight is 401 g/mol. The normalized spacial score (nSPS) is 18.2. The van der Waals surface area contributed by atoms with Crippen LogP contribution in [0.5, 0.6) is 5.75 Å². The van der Waals surface area contributed by atoms with Gasteiger partial charge in [0.1, 0.15) is 17.6 Å². The number of hydrogen-bond donors (Lipinski definition) is 1. The molecular weight excluding hydrogens is 372 g/mol. The van der Waals surface area contributed by atoms with E-state index in [2.05, 4.69) is 60.8 Å². The minimum atomic E-state index is 0.0929. The van der Waals surface area contributed by atoms with E-state index in [0.717, 1.165) is 35.3 Å². The van der Waals surface area contributed by atoms with Gasteiger partial charge < -0.3 is 14.6 Å². The number of imidazole rings is 1. The molecule has 30 heavy (non-hydrogen) atoms. The molecular formula is C25H28N4O. The highest BCUT2D eigenvalue weighted by Crippen LogP contribution is 2.46. The number of nitrogens with zero attached hydrogens (tertiary/aromatic N) is 3. The SMILES string of the molecule is CCN1c2cc(OC)c(/C=C(\C#N)c3nc4ccccc4[nH]3)cc2C(C)CC1(C)C. The number of allylic oxidation sites excluding steroid dienone is 1. The van der Waals surface area contributed by atoms with E-state index in [1.165, 1.54) is 11.3 Å². The summed E-state index contributed by atoms with van der Waals surface area (Å²) in [5.74, 6) is 1.76. The van der Waals surface area contributed by atoms with Gasteiger partial charge in [-0.05, 0) is 62.9 Å². The van der Waals surface area contributed by atoms with Gasteiger partial charge in [0.15, 0.2) is 0 Å². The Balaban J connectivity index is 1.84. The zero-order valence-corrected chi connectivity index (χ0v) is 18.3. The van der Waals surface area contributed by atoms with Crippen molar-refractivity contribution in [2.45, 2.75) is 45.6 Å². The molecule has 5 heteroatoms. The van der Waals surface area contributed by atoms with Gasteiger partial charge in [0.2, 0.25) is 0 Å². The first-order valence-corrected chi connectivity index (χ1v) is 10.4. The van der Waals surface area contributed by atoms with Crippen LogP contribution in [0, 0.1) is 11.3 Å². The first-order valence-electron chi connectivity index (χ1n) is 10.4. The lowest BCUT2D eigenvalue weighted by Crippen LogP contribution is -2.48. The van der Waals surface area contributed by atoms with Gasteiger partial charge in [0.25, 0.3) is 0 Å². The third-order valence-corrected chi connectivity index (χ3v) is 6.12. The van der Waals surface area contributed by atoms with Gasteiger partial charge in [-0.1, -0.05) is 19.1 Å². The van der Waals surface area contributed by atoms with Crippen molar-refractivity contribution in [3.63, 3.8) is 0 Å². The molecule has 1 aliphatic heterocycles. The number of aromatic nitrogens is 2. The Bertz CT molecular complexity index is 1130. The number of nitrogens with one attached hydrogen (secondary N) is 1. The van der Waals surface area contributed by atoms with Gasteiger partial charge in [-0.15, -0.1) is 0 Å². The highest BCUT2D eigenvalue weighted by molar-refractivity contribution is 5.91. The van der Waals surface area contributed by atoms with Crippen LogP contribution >= 0.6 is 0 Å². The quantitative estimate of drug-likeness (QED) is 0.567. The van der Waals surface area contributed by atoms with Gasteiger partial charge in [0, 0.05) is 29.4 Å². The number of benzene rings is 2. The van der Waals surface area contributed by atoms with Crippen LogP contribution in [-0.4, -0.2) is 29.2 Å². The van der Waals surface area contributed by atoms with Crippen LogP contribution in [0.1, 0.15) is 57.0 Å². The van der Waals surface area contributed by atoms with E-state index in [0.29, 0.717) is 17.3 Å². The fourth-order valence-corrected chi connectivity index (χ4v) is 4.80. The second kappa shape index (κ2) is 7.53. The summed E-state index contributed by atoms with van der Waals surface area (Å²) in [6.45, 7) is 10.00. The summed E-state index contributed by atoms with van der Waals surface area (Å²) in [5, 5.41) is 9.84. The Labute approximate surface area is 178 Å². The summed E-state index contributed by atoms with van der Waals surface area (Å²) in [6, 6.07) is 14.4. The van der Waals surface area contributed by atoms with Crippen molar-refractivity contribution >= 4 is 28.4 Å². The third kappa shape index (κ3) is 3.33. The van der Waals surface area contributed by atoms with Crippen LogP contribution < -0.4 is 9.64 Å². The molecule has 0 bridgehead atoms. The summed E-state index contributed by atoms with van der Waals surface area (Å²) < 4.78 is 5.74. The predicted molar refractivity (Wildman–Crippen MR) is 123 cm³/mol. The summed E-state index contributed by atoms with van der Waals surface area (Å²) >= 11 is 0. The van der Waals surface area contributed by atoms with E-state index in [9.17, 15) is 5.26 Å². The van der Waals surface area contributed by atoms with Crippen molar-refractivity contribution in [1.82, 2.24) is 9.97 Å². The number of para-hydroxylation sites is 2. The molecule has 2 heterocycles. The molecule has 1 aliphatic rings. The summed E-state index contributed by atoms with van der Waals surface area (Å²) in [5.41, 5.74) is 5.76. The van der Waals surface area contributed by atoms with Gasteiger partial charge in [0.05, 0.1) is 23.7 Å². The standard InChI is InChI=1S/C25H28N4O/c1-6-29-22-13-23(30-5)17(12-19(22)16(2)14-25(29,3)4)11-18(15-26)24-27-20-9-7-8-10-21(20)28-24/h7-13,16H,6,14H2,1-5H3,(H,27,28)/b18-11+. The lowest BCUT2D eigenvalue weighted by Gasteiger charge is -2.47. The van der Waals surface area contributed by atoms with E-state index in [1.54, 1.807) is 7.11 Å². The molecule has 1 unspecified atom stereocenters. The van der Waals surface area contributed by atoms with E-state index in [4.69, 9.17) is 4.74 Å². The zero-order chi connectivity index (χ0) is 21.5. The monoisotopic (exact) mass is 400 g/mol. The van der Waals surface area contributed by atoms with Crippen molar-refractivity contribution in [3.05, 3.63) is 53.3 Å². The van der Waals surface area contributed by atoms with Gasteiger partial charge in [-0.25, -0.2) is 4.98 Å². The van der Waals surface area contributed by atoms with E-state index in [1.807, 2.05) is 30.3 Å². The first-order chi connectivity index (χ1) is 14.4. The molecule has 0 fully saturated rings. The molecule has 5 nitrogen and oxygen atoms in total. The number of methoxy groups -OCH3 is 1. The largest absolute Gasteiger partial charge is 0.496 e. The van der Waals surface area contributed by atoms with Crippen LogP contribution in [0.3, 0.4) is 0 Å². The number of hydrogen-bond acceptors (Lipinski definition) is 4. The number of ether oxygens (including phenoxy) is 1. The highest BCUT2D eigenvalue weighted by atomic mass is 16.5. The second-order valence-electron chi connectivity index (χ2n) is 8.59.